The average molecular weight is 308 g/mol. The van der Waals surface area contributed by atoms with Gasteiger partial charge < -0.3 is 15.5 Å². The molecule has 0 saturated carbocycles. The molecule has 1 aromatic carbocycles. The number of benzene rings is 1. The number of carboxylic acid groups (broad SMARTS) is 1. The van der Waals surface area contributed by atoms with E-state index in [1.54, 1.807) is 0 Å². The summed E-state index contributed by atoms with van der Waals surface area (Å²) < 4.78 is 0. The van der Waals surface area contributed by atoms with Crippen molar-refractivity contribution in [2.24, 2.45) is 0 Å². The van der Waals surface area contributed by atoms with Crippen molar-refractivity contribution < 1.29 is 24.7 Å². The number of aromatic hydroxyl groups is 1. The zero-order valence-electron chi connectivity index (χ0n) is 10.3. The normalized spacial score (nSPS) is 10.1. The molecule has 1 amide bonds. The Morgan fingerprint density at radius 3 is 2.52 bits per heavy atom. The van der Waals surface area contributed by atoms with Crippen LogP contribution in [0.25, 0.3) is 0 Å². The number of phenolic OH excluding ortho intramolecular Hbond substituents is 1. The lowest BCUT2D eigenvalue weighted by Gasteiger charge is -2.07. The number of nitrogens with one attached hydrogen (secondary N) is 1. The van der Waals surface area contributed by atoms with Crippen molar-refractivity contribution in [2.45, 2.75) is 0 Å². The Labute approximate surface area is 121 Å². The van der Waals surface area contributed by atoms with Crippen LogP contribution in [-0.4, -0.2) is 27.0 Å². The number of anilines is 1. The van der Waals surface area contributed by atoms with E-state index < -0.39 is 16.8 Å². The Bertz CT molecular complexity index is 739. The molecule has 0 fully saturated rings. The van der Waals surface area contributed by atoms with Crippen LogP contribution in [0.1, 0.15) is 20.0 Å². The first kappa shape index (κ1) is 14.5. The SMILES string of the molecule is O=C(Nc1ccc(O)cc1C(=O)O)c1ccc([N+](=O)[O-])s1. The Balaban J connectivity index is 2.27. The van der Waals surface area contributed by atoms with Crippen LogP contribution in [0.3, 0.4) is 0 Å². The zero-order valence-corrected chi connectivity index (χ0v) is 11.1. The number of carbonyl (C=O) groups is 2. The molecule has 21 heavy (non-hydrogen) atoms. The molecule has 2 aromatic rings. The molecule has 0 radical (unpaired) electrons. The third kappa shape index (κ3) is 3.15. The van der Waals surface area contributed by atoms with E-state index in [2.05, 4.69) is 5.32 Å². The van der Waals surface area contributed by atoms with Crippen LogP contribution in [-0.2, 0) is 0 Å². The van der Waals surface area contributed by atoms with E-state index in [-0.39, 0.29) is 26.9 Å². The Hall–Kier alpha value is -2.94. The second-order valence-corrected chi connectivity index (χ2v) is 4.95. The fourth-order valence-corrected chi connectivity index (χ4v) is 2.27. The van der Waals surface area contributed by atoms with Gasteiger partial charge in [-0.15, -0.1) is 0 Å². The van der Waals surface area contributed by atoms with Crippen LogP contribution in [0.4, 0.5) is 10.7 Å². The number of nitro groups is 1. The maximum absolute atomic E-state index is 11.9. The fraction of sp³-hybridized carbons (Fsp3) is 0. The van der Waals surface area contributed by atoms with E-state index in [0.717, 1.165) is 6.07 Å². The van der Waals surface area contributed by atoms with Gasteiger partial charge in [-0.1, -0.05) is 11.3 Å². The minimum Gasteiger partial charge on any atom is -0.508 e. The van der Waals surface area contributed by atoms with Crippen molar-refractivity contribution in [3.8, 4) is 5.75 Å². The molecule has 1 heterocycles. The molecule has 0 unspecified atom stereocenters. The summed E-state index contributed by atoms with van der Waals surface area (Å²) in [6, 6.07) is 5.92. The van der Waals surface area contributed by atoms with Crippen molar-refractivity contribution in [3.05, 3.63) is 50.9 Å². The Morgan fingerprint density at radius 1 is 1.24 bits per heavy atom. The molecule has 3 N–H and O–H groups in total. The molecule has 1 aromatic heterocycles. The molecule has 0 aliphatic heterocycles. The number of amides is 1. The van der Waals surface area contributed by atoms with Gasteiger partial charge >= 0.3 is 11.0 Å². The van der Waals surface area contributed by atoms with Crippen molar-refractivity contribution in [1.82, 2.24) is 0 Å². The van der Waals surface area contributed by atoms with E-state index >= 15 is 0 Å². The first-order chi connectivity index (χ1) is 9.88. The van der Waals surface area contributed by atoms with Gasteiger partial charge in [0.15, 0.2) is 0 Å². The number of phenols is 1. The summed E-state index contributed by atoms with van der Waals surface area (Å²) in [5, 5.41) is 31.0. The van der Waals surface area contributed by atoms with Gasteiger partial charge in [0.25, 0.3) is 5.91 Å². The third-order valence-corrected chi connectivity index (χ3v) is 3.51. The number of carbonyl (C=O) groups excluding carboxylic acids is 1. The first-order valence-corrected chi connectivity index (χ1v) is 6.32. The monoisotopic (exact) mass is 308 g/mol. The summed E-state index contributed by atoms with van der Waals surface area (Å²) in [5.41, 5.74) is -0.296. The lowest BCUT2D eigenvalue weighted by atomic mass is 10.1. The highest BCUT2D eigenvalue weighted by Crippen LogP contribution is 2.26. The van der Waals surface area contributed by atoms with Crippen LogP contribution < -0.4 is 5.32 Å². The Kier molecular flexibility index (Phi) is 3.85. The summed E-state index contributed by atoms with van der Waals surface area (Å²) in [7, 11) is 0. The first-order valence-electron chi connectivity index (χ1n) is 5.50. The van der Waals surface area contributed by atoms with Gasteiger partial charge in [-0.2, -0.15) is 0 Å². The maximum atomic E-state index is 11.9. The minimum atomic E-state index is -1.32. The molecule has 0 atom stereocenters. The topological polar surface area (TPSA) is 130 Å². The van der Waals surface area contributed by atoms with Crippen LogP contribution in [0.2, 0.25) is 0 Å². The second-order valence-electron chi connectivity index (χ2n) is 3.88. The van der Waals surface area contributed by atoms with Crippen LogP contribution in [0.5, 0.6) is 5.75 Å². The van der Waals surface area contributed by atoms with Crippen LogP contribution in [0, 0.1) is 10.1 Å². The molecular formula is C12H8N2O6S. The second kappa shape index (κ2) is 5.59. The quantitative estimate of drug-likeness (QED) is 0.451. The number of carboxylic acids is 1. The standard InChI is InChI=1S/C12H8N2O6S/c15-6-1-2-8(7(5-6)12(17)18)13-11(16)9-3-4-10(21-9)14(19)20/h1-5,15H,(H,13,16)(H,17,18). The number of hydrogen-bond donors (Lipinski definition) is 3. The van der Waals surface area contributed by atoms with E-state index in [1.165, 1.54) is 24.3 Å². The van der Waals surface area contributed by atoms with Gasteiger partial charge in [-0.05, 0) is 24.3 Å². The smallest absolute Gasteiger partial charge is 0.337 e. The lowest BCUT2D eigenvalue weighted by molar-refractivity contribution is -0.380. The number of nitrogens with zero attached hydrogens (tertiary/aromatic N) is 1. The number of thiophene rings is 1. The average Bonchev–Trinajstić information content (AvgIpc) is 2.90. The van der Waals surface area contributed by atoms with E-state index in [0.29, 0.717) is 11.3 Å². The highest BCUT2D eigenvalue weighted by Gasteiger charge is 2.18. The summed E-state index contributed by atoms with van der Waals surface area (Å²) in [6.45, 7) is 0. The predicted octanol–water partition coefficient (Wildman–Crippen LogP) is 2.31. The molecule has 0 bridgehead atoms. The largest absolute Gasteiger partial charge is 0.508 e. The molecule has 0 spiro atoms. The molecule has 9 heteroatoms. The van der Waals surface area contributed by atoms with Gasteiger partial charge in [0.2, 0.25) is 0 Å². The summed E-state index contributed by atoms with van der Waals surface area (Å²) in [6.07, 6.45) is 0. The Morgan fingerprint density at radius 2 is 1.95 bits per heavy atom. The molecule has 0 aliphatic rings. The van der Waals surface area contributed by atoms with Gasteiger partial charge in [0.05, 0.1) is 21.1 Å². The fourth-order valence-electron chi connectivity index (χ4n) is 1.55. The number of hydrogen-bond acceptors (Lipinski definition) is 6. The highest BCUT2D eigenvalue weighted by molar-refractivity contribution is 7.17. The zero-order chi connectivity index (χ0) is 15.6. The minimum absolute atomic E-state index is 0.0126. The van der Waals surface area contributed by atoms with Crippen LogP contribution in [0.15, 0.2) is 30.3 Å². The molecule has 108 valence electrons. The van der Waals surface area contributed by atoms with Gasteiger partial charge in [0.1, 0.15) is 5.75 Å². The van der Waals surface area contributed by atoms with Crippen molar-refractivity contribution in [1.29, 1.82) is 0 Å². The molecule has 0 aliphatic carbocycles. The predicted molar refractivity (Wildman–Crippen MR) is 74.0 cm³/mol. The molecule has 0 saturated heterocycles. The third-order valence-electron chi connectivity index (χ3n) is 2.48. The van der Waals surface area contributed by atoms with Gasteiger partial charge in [-0.25, -0.2) is 4.79 Å². The molecule has 2 rings (SSSR count). The van der Waals surface area contributed by atoms with Crippen molar-refractivity contribution in [2.75, 3.05) is 5.32 Å². The van der Waals surface area contributed by atoms with E-state index in [1.807, 2.05) is 0 Å². The summed E-state index contributed by atoms with van der Waals surface area (Å²) in [4.78, 5) is 33.0. The van der Waals surface area contributed by atoms with Crippen molar-refractivity contribution in [3.63, 3.8) is 0 Å². The summed E-state index contributed by atoms with van der Waals surface area (Å²) >= 11 is 0.678. The van der Waals surface area contributed by atoms with Gasteiger partial charge in [0, 0.05) is 6.07 Å². The van der Waals surface area contributed by atoms with Crippen LogP contribution >= 0.6 is 11.3 Å². The maximum Gasteiger partial charge on any atom is 0.337 e. The number of rotatable bonds is 4. The van der Waals surface area contributed by atoms with Crippen molar-refractivity contribution >= 4 is 33.9 Å². The highest BCUT2D eigenvalue weighted by atomic mass is 32.1. The van der Waals surface area contributed by atoms with E-state index in [9.17, 15) is 24.8 Å². The van der Waals surface area contributed by atoms with Gasteiger partial charge in [-0.3, -0.25) is 14.9 Å². The summed E-state index contributed by atoms with van der Waals surface area (Å²) in [5.74, 6) is -2.24. The lowest BCUT2D eigenvalue weighted by Crippen LogP contribution is -2.13. The number of aromatic carboxylic acids is 1. The molecule has 8 nitrogen and oxygen atoms in total. The molecular weight excluding hydrogens is 300 g/mol. The van der Waals surface area contributed by atoms with E-state index in [4.69, 9.17) is 5.11 Å².